The molecule has 100 valence electrons. The van der Waals surface area contributed by atoms with Gasteiger partial charge in [-0.15, -0.1) is 0 Å². The maximum Gasteiger partial charge on any atom is 0.125 e. The van der Waals surface area contributed by atoms with Gasteiger partial charge in [0.25, 0.3) is 0 Å². The topological polar surface area (TPSA) is 34.4 Å². The lowest BCUT2D eigenvalue weighted by molar-refractivity contribution is 0.340. The smallest absolute Gasteiger partial charge is 0.125 e. The zero-order chi connectivity index (χ0) is 13.1. The second-order valence-electron chi connectivity index (χ2n) is 4.87. The number of hydrogen-bond donors (Lipinski definition) is 1. The molecule has 1 aromatic carbocycles. The number of nitrogens with one attached hydrogen (secondary N) is 1. The molecule has 3 heteroatoms. The van der Waals surface area contributed by atoms with Crippen LogP contribution >= 0.6 is 0 Å². The molecule has 0 radical (unpaired) electrons. The molecule has 3 nitrogen and oxygen atoms in total. The second kappa shape index (κ2) is 5.49. The van der Waals surface area contributed by atoms with Crippen LogP contribution in [0.1, 0.15) is 25.5 Å². The van der Waals surface area contributed by atoms with Crippen molar-refractivity contribution >= 4 is 0 Å². The van der Waals surface area contributed by atoms with Crippen LogP contribution in [0, 0.1) is 0 Å². The van der Waals surface area contributed by atoms with Crippen molar-refractivity contribution in [1.82, 2.24) is 5.32 Å². The van der Waals surface area contributed by atoms with Gasteiger partial charge in [-0.05, 0) is 43.5 Å². The molecule has 0 bridgehead atoms. The van der Waals surface area contributed by atoms with Gasteiger partial charge < -0.3 is 14.5 Å². The summed E-state index contributed by atoms with van der Waals surface area (Å²) in [6.07, 6.45) is 4.33. The van der Waals surface area contributed by atoms with E-state index in [1.54, 1.807) is 6.26 Å². The van der Waals surface area contributed by atoms with Gasteiger partial charge in [0.1, 0.15) is 11.5 Å². The number of furan rings is 1. The van der Waals surface area contributed by atoms with Gasteiger partial charge >= 0.3 is 0 Å². The van der Waals surface area contributed by atoms with Crippen LogP contribution in [0.5, 0.6) is 5.75 Å². The summed E-state index contributed by atoms with van der Waals surface area (Å²) in [5.41, 5.74) is 2.29. The molecular formula is C16H19NO2. The fourth-order valence-electron chi connectivity index (χ4n) is 2.18. The van der Waals surface area contributed by atoms with Gasteiger partial charge in [0.15, 0.2) is 0 Å². The molecule has 1 fully saturated rings. The Bertz CT molecular complexity index is 543. The zero-order valence-corrected chi connectivity index (χ0v) is 11.2. The highest BCUT2D eigenvalue weighted by molar-refractivity contribution is 5.66. The van der Waals surface area contributed by atoms with Crippen molar-refractivity contribution in [3.05, 3.63) is 42.4 Å². The van der Waals surface area contributed by atoms with E-state index in [1.165, 1.54) is 12.8 Å². The molecule has 1 heterocycles. The van der Waals surface area contributed by atoms with Crippen LogP contribution < -0.4 is 10.1 Å². The lowest BCUT2D eigenvalue weighted by Gasteiger charge is -2.07. The summed E-state index contributed by atoms with van der Waals surface area (Å²) in [4.78, 5) is 0. The van der Waals surface area contributed by atoms with E-state index in [-0.39, 0.29) is 0 Å². The van der Waals surface area contributed by atoms with Crippen molar-refractivity contribution in [2.75, 3.05) is 6.61 Å². The van der Waals surface area contributed by atoms with Crippen LogP contribution in [0.3, 0.4) is 0 Å². The Balaban J connectivity index is 1.80. The fraction of sp³-hybridized carbons (Fsp3) is 0.375. The van der Waals surface area contributed by atoms with E-state index in [1.807, 2.05) is 25.1 Å². The molecule has 0 unspecified atom stereocenters. The lowest BCUT2D eigenvalue weighted by Crippen LogP contribution is -2.15. The maximum atomic E-state index is 5.59. The number of benzene rings is 1. The minimum Gasteiger partial charge on any atom is -0.494 e. The second-order valence-corrected chi connectivity index (χ2v) is 4.87. The highest BCUT2D eigenvalue weighted by Gasteiger charge is 2.21. The predicted molar refractivity (Wildman–Crippen MR) is 75.2 cm³/mol. The largest absolute Gasteiger partial charge is 0.494 e. The third-order valence-corrected chi connectivity index (χ3v) is 3.33. The van der Waals surface area contributed by atoms with Crippen molar-refractivity contribution < 1.29 is 9.15 Å². The van der Waals surface area contributed by atoms with Crippen molar-refractivity contribution in [1.29, 1.82) is 0 Å². The Labute approximate surface area is 113 Å². The SMILES string of the molecule is CCOc1cccc(-c2ccoc2CNC2CC2)c1. The fourth-order valence-corrected chi connectivity index (χ4v) is 2.18. The zero-order valence-electron chi connectivity index (χ0n) is 11.2. The Morgan fingerprint density at radius 1 is 1.32 bits per heavy atom. The maximum absolute atomic E-state index is 5.59. The summed E-state index contributed by atoms with van der Waals surface area (Å²) in [5.74, 6) is 1.91. The monoisotopic (exact) mass is 257 g/mol. The first-order valence-corrected chi connectivity index (χ1v) is 6.90. The molecule has 2 aromatic rings. The Kier molecular flexibility index (Phi) is 3.56. The highest BCUT2D eigenvalue weighted by Crippen LogP contribution is 2.29. The Morgan fingerprint density at radius 2 is 2.21 bits per heavy atom. The molecule has 0 atom stereocenters. The molecule has 0 spiro atoms. The van der Waals surface area contributed by atoms with Gasteiger partial charge in [0.2, 0.25) is 0 Å². The van der Waals surface area contributed by atoms with Crippen molar-refractivity contribution in [2.24, 2.45) is 0 Å². The third kappa shape index (κ3) is 2.99. The minimum atomic E-state index is 0.685. The van der Waals surface area contributed by atoms with E-state index < -0.39 is 0 Å². The number of hydrogen-bond acceptors (Lipinski definition) is 3. The molecule has 0 aliphatic heterocycles. The Morgan fingerprint density at radius 3 is 3.00 bits per heavy atom. The molecule has 1 N–H and O–H groups in total. The van der Waals surface area contributed by atoms with Crippen LogP contribution in [0.4, 0.5) is 0 Å². The van der Waals surface area contributed by atoms with Crippen LogP contribution in [0.15, 0.2) is 41.0 Å². The first-order chi connectivity index (χ1) is 9.36. The normalized spacial score (nSPS) is 14.6. The van der Waals surface area contributed by atoms with Crippen LogP contribution in [0.2, 0.25) is 0 Å². The summed E-state index contributed by atoms with van der Waals surface area (Å²) < 4.78 is 11.1. The van der Waals surface area contributed by atoms with E-state index >= 15 is 0 Å². The minimum absolute atomic E-state index is 0.685. The molecule has 1 aliphatic carbocycles. The van der Waals surface area contributed by atoms with E-state index in [0.717, 1.165) is 29.2 Å². The van der Waals surface area contributed by atoms with Crippen LogP contribution in [0.25, 0.3) is 11.1 Å². The first-order valence-electron chi connectivity index (χ1n) is 6.90. The molecule has 1 saturated carbocycles. The van der Waals surface area contributed by atoms with Gasteiger partial charge in [0, 0.05) is 11.6 Å². The van der Waals surface area contributed by atoms with Gasteiger partial charge in [-0.25, -0.2) is 0 Å². The molecular weight excluding hydrogens is 238 g/mol. The summed E-state index contributed by atoms with van der Waals surface area (Å²) in [6, 6.07) is 10.9. The summed E-state index contributed by atoms with van der Waals surface area (Å²) >= 11 is 0. The molecule has 19 heavy (non-hydrogen) atoms. The van der Waals surface area contributed by atoms with Crippen LogP contribution in [-0.4, -0.2) is 12.6 Å². The van der Waals surface area contributed by atoms with Crippen LogP contribution in [-0.2, 0) is 6.54 Å². The summed E-state index contributed by atoms with van der Waals surface area (Å²) in [6.45, 7) is 3.48. The predicted octanol–water partition coefficient (Wildman–Crippen LogP) is 3.60. The van der Waals surface area contributed by atoms with E-state index in [4.69, 9.17) is 9.15 Å². The standard InChI is InChI=1S/C16H19NO2/c1-2-18-14-5-3-4-12(10-14)15-8-9-19-16(15)11-17-13-6-7-13/h3-5,8-10,13,17H,2,6-7,11H2,1H3. The molecule has 0 amide bonds. The first kappa shape index (κ1) is 12.3. The van der Waals surface area contributed by atoms with E-state index in [0.29, 0.717) is 12.6 Å². The highest BCUT2D eigenvalue weighted by atomic mass is 16.5. The van der Waals surface area contributed by atoms with Gasteiger partial charge in [-0.2, -0.15) is 0 Å². The average molecular weight is 257 g/mol. The molecule has 1 aliphatic rings. The van der Waals surface area contributed by atoms with Crippen molar-refractivity contribution in [2.45, 2.75) is 32.4 Å². The summed E-state index contributed by atoms with van der Waals surface area (Å²) in [7, 11) is 0. The number of rotatable bonds is 6. The van der Waals surface area contributed by atoms with E-state index in [2.05, 4.69) is 17.4 Å². The van der Waals surface area contributed by atoms with Gasteiger partial charge in [0.05, 0.1) is 19.4 Å². The average Bonchev–Trinajstić information content (AvgIpc) is 3.14. The van der Waals surface area contributed by atoms with Crippen molar-refractivity contribution in [3.63, 3.8) is 0 Å². The number of ether oxygens (including phenoxy) is 1. The molecule has 0 saturated heterocycles. The molecule has 1 aromatic heterocycles. The van der Waals surface area contributed by atoms with Crippen molar-refractivity contribution in [3.8, 4) is 16.9 Å². The molecule has 3 rings (SSSR count). The lowest BCUT2D eigenvalue weighted by atomic mass is 10.1. The quantitative estimate of drug-likeness (QED) is 0.858. The summed E-state index contributed by atoms with van der Waals surface area (Å²) in [5, 5.41) is 3.48. The third-order valence-electron chi connectivity index (χ3n) is 3.33. The Hall–Kier alpha value is -1.74. The van der Waals surface area contributed by atoms with Gasteiger partial charge in [-0.1, -0.05) is 12.1 Å². The van der Waals surface area contributed by atoms with E-state index in [9.17, 15) is 0 Å². The van der Waals surface area contributed by atoms with Gasteiger partial charge in [-0.3, -0.25) is 0 Å².